The molecule has 0 unspecified atom stereocenters. The van der Waals surface area contributed by atoms with Crippen LogP contribution in [-0.2, 0) is 22.7 Å². The van der Waals surface area contributed by atoms with Gasteiger partial charge in [-0.1, -0.05) is 49.4 Å². The van der Waals surface area contributed by atoms with Crippen molar-refractivity contribution in [1.29, 1.82) is 0 Å². The maximum Gasteiger partial charge on any atom is 0.329 e. The maximum absolute atomic E-state index is 12.8. The SMILES string of the molecule is CCCn1c(=O)n(CC(=O)NCCN2C(=O)S/C(=C\c3ccccc3)C2=O)c2ccccc21. The molecule has 8 nitrogen and oxygen atoms in total. The van der Waals surface area contributed by atoms with Gasteiger partial charge in [0.05, 0.1) is 15.9 Å². The van der Waals surface area contributed by atoms with E-state index in [-0.39, 0.29) is 42.4 Å². The molecule has 2 aromatic carbocycles. The topological polar surface area (TPSA) is 93.4 Å². The molecular formula is C24H24N4O4S. The minimum Gasteiger partial charge on any atom is -0.353 e. The summed E-state index contributed by atoms with van der Waals surface area (Å²) in [6.07, 6.45) is 2.48. The lowest BCUT2D eigenvalue weighted by atomic mass is 10.2. The van der Waals surface area contributed by atoms with Gasteiger partial charge >= 0.3 is 5.69 Å². The standard InChI is InChI=1S/C24H24N4O4S/c1-2-13-26-18-10-6-7-11-19(18)28(23(26)31)16-21(29)25-12-14-27-22(30)20(33-24(27)32)15-17-8-4-3-5-9-17/h3-11,15H,2,12-14,16H2,1H3,(H,25,29)/b20-15-. The largest absolute Gasteiger partial charge is 0.353 e. The second-order valence-electron chi connectivity index (χ2n) is 7.60. The second kappa shape index (κ2) is 9.91. The Hall–Kier alpha value is -3.59. The Morgan fingerprint density at radius 2 is 1.61 bits per heavy atom. The Morgan fingerprint density at radius 1 is 0.939 bits per heavy atom. The number of imide groups is 1. The van der Waals surface area contributed by atoms with E-state index in [1.807, 2.05) is 61.5 Å². The van der Waals surface area contributed by atoms with E-state index in [2.05, 4.69) is 5.32 Å². The average molecular weight is 465 g/mol. The highest BCUT2D eigenvalue weighted by atomic mass is 32.2. The Bertz CT molecular complexity index is 1290. The number of nitrogens with one attached hydrogen (secondary N) is 1. The average Bonchev–Trinajstić information content (AvgIpc) is 3.23. The van der Waals surface area contributed by atoms with Gasteiger partial charge in [0.2, 0.25) is 5.91 Å². The van der Waals surface area contributed by atoms with Gasteiger partial charge in [-0.2, -0.15) is 0 Å². The summed E-state index contributed by atoms with van der Waals surface area (Å²) < 4.78 is 3.12. The molecule has 4 rings (SSSR count). The zero-order chi connectivity index (χ0) is 23.4. The van der Waals surface area contributed by atoms with Gasteiger partial charge in [0.15, 0.2) is 0 Å². The molecule has 1 N–H and O–H groups in total. The predicted molar refractivity (Wildman–Crippen MR) is 129 cm³/mol. The third kappa shape index (κ3) is 4.78. The lowest BCUT2D eigenvalue weighted by Gasteiger charge is -2.13. The summed E-state index contributed by atoms with van der Waals surface area (Å²) in [7, 11) is 0. The third-order valence-electron chi connectivity index (χ3n) is 5.30. The van der Waals surface area contributed by atoms with Crippen LogP contribution in [0.25, 0.3) is 17.1 Å². The van der Waals surface area contributed by atoms with Crippen LogP contribution in [0, 0.1) is 0 Å². The maximum atomic E-state index is 12.8. The van der Waals surface area contributed by atoms with Crippen molar-refractivity contribution in [3.8, 4) is 0 Å². The molecule has 1 aromatic heterocycles. The molecule has 0 bridgehead atoms. The van der Waals surface area contributed by atoms with Crippen molar-refractivity contribution in [2.24, 2.45) is 0 Å². The van der Waals surface area contributed by atoms with E-state index in [0.29, 0.717) is 17.0 Å². The van der Waals surface area contributed by atoms with E-state index in [1.54, 1.807) is 10.6 Å². The molecule has 1 saturated heterocycles. The van der Waals surface area contributed by atoms with E-state index in [0.717, 1.165) is 34.2 Å². The van der Waals surface area contributed by atoms with Crippen LogP contribution in [0.1, 0.15) is 18.9 Å². The van der Waals surface area contributed by atoms with Crippen molar-refractivity contribution >= 4 is 45.9 Å². The highest BCUT2D eigenvalue weighted by molar-refractivity contribution is 8.18. The number of benzene rings is 2. The zero-order valence-electron chi connectivity index (χ0n) is 18.2. The smallest absolute Gasteiger partial charge is 0.329 e. The van der Waals surface area contributed by atoms with Gasteiger partial charge in [-0.25, -0.2) is 4.79 Å². The summed E-state index contributed by atoms with van der Waals surface area (Å²) in [6.45, 7) is 2.60. The molecule has 0 spiro atoms. The first-order chi connectivity index (χ1) is 16.0. The van der Waals surface area contributed by atoms with Crippen molar-refractivity contribution in [3.63, 3.8) is 0 Å². The molecule has 3 aromatic rings. The summed E-state index contributed by atoms with van der Waals surface area (Å²) in [5.74, 6) is -0.731. The number of para-hydroxylation sites is 2. The van der Waals surface area contributed by atoms with Crippen molar-refractivity contribution in [3.05, 3.63) is 75.6 Å². The van der Waals surface area contributed by atoms with E-state index in [9.17, 15) is 19.2 Å². The van der Waals surface area contributed by atoms with Gasteiger partial charge in [0, 0.05) is 19.6 Å². The van der Waals surface area contributed by atoms with Crippen LogP contribution in [0.2, 0.25) is 0 Å². The molecule has 0 saturated carbocycles. The van der Waals surface area contributed by atoms with Crippen LogP contribution in [0.3, 0.4) is 0 Å². The van der Waals surface area contributed by atoms with Crippen LogP contribution in [0.4, 0.5) is 4.79 Å². The number of amides is 3. The van der Waals surface area contributed by atoms with Crippen LogP contribution in [0.5, 0.6) is 0 Å². The molecule has 33 heavy (non-hydrogen) atoms. The normalized spacial score (nSPS) is 15.1. The minimum atomic E-state index is -0.373. The van der Waals surface area contributed by atoms with Crippen LogP contribution < -0.4 is 11.0 Å². The number of carbonyl (C=O) groups is 3. The number of hydrogen-bond acceptors (Lipinski definition) is 5. The van der Waals surface area contributed by atoms with Crippen molar-refractivity contribution in [2.45, 2.75) is 26.4 Å². The number of imidazole rings is 1. The molecule has 0 atom stereocenters. The fraction of sp³-hybridized carbons (Fsp3) is 0.250. The first-order valence-electron chi connectivity index (χ1n) is 10.7. The molecule has 9 heteroatoms. The lowest BCUT2D eigenvalue weighted by Crippen LogP contribution is -2.39. The Labute approximate surface area is 194 Å². The number of hydrogen-bond donors (Lipinski definition) is 1. The first-order valence-corrected chi connectivity index (χ1v) is 11.6. The quantitative estimate of drug-likeness (QED) is 0.517. The molecular weight excluding hydrogens is 440 g/mol. The van der Waals surface area contributed by atoms with Gasteiger partial charge in [0.25, 0.3) is 11.1 Å². The molecule has 0 aliphatic carbocycles. The Morgan fingerprint density at radius 3 is 2.30 bits per heavy atom. The first kappa shape index (κ1) is 22.6. The number of aromatic nitrogens is 2. The number of carbonyl (C=O) groups excluding carboxylic acids is 3. The lowest BCUT2D eigenvalue weighted by molar-refractivity contribution is -0.124. The molecule has 1 aliphatic heterocycles. The van der Waals surface area contributed by atoms with Crippen molar-refractivity contribution in [1.82, 2.24) is 19.4 Å². The third-order valence-corrected chi connectivity index (χ3v) is 6.21. The molecule has 1 aliphatic rings. The Kier molecular flexibility index (Phi) is 6.79. The molecule has 1 fully saturated rings. The van der Waals surface area contributed by atoms with Gasteiger partial charge in [-0.15, -0.1) is 0 Å². The van der Waals surface area contributed by atoms with Gasteiger partial charge < -0.3 is 5.32 Å². The number of fused-ring (bicyclic) bond motifs is 1. The second-order valence-corrected chi connectivity index (χ2v) is 8.60. The zero-order valence-corrected chi connectivity index (χ0v) is 19.0. The predicted octanol–water partition coefficient (Wildman–Crippen LogP) is 3.07. The summed E-state index contributed by atoms with van der Waals surface area (Å²) in [6, 6.07) is 16.7. The summed E-state index contributed by atoms with van der Waals surface area (Å²) in [5, 5.41) is 2.35. The van der Waals surface area contributed by atoms with Gasteiger partial charge in [-0.3, -0.25) is 28.4 Å². The highest BCUT2D eigenvalue weighted by Gasteiger charge is 2.34. The molecule has 170 valence electrons. The number of rotatable bonds is 8. The van der Waals surface area contributed by atoms with Gasteiger partial charge in [0.1, 0.15) is 6.54 Å². The van der Waals surface area contributed by atoms with E-state index >= 15 is 0 Å². The van der Waals surface area contributed by atoms with Crippen LogP contribution in [0.15, 0.2) is 64.3 Å². The van der Waals surface area contributed by atoms with Crippen LogP contribution in [-0.4, -0.2) is 44.2 Å². The fourth-order valence-electron chi connectivity index (χ4n) is 3.76. The highest BCUT2D eigenvalue weighted by Crippen LogP contribution is 2.31. The number of nitrogens with zero attached hydrogens (tertiary/aromatic N) is 3. The van der Waals surface area contributed by atoms with E-state index in [1.165, 1.54) is 4.57 Å². The van der Waals surface area contributed by atoms with Crippen LogP contribution >= 0.6 is 11.8 Å². The number of thioether (sulfide) groups is 1. The molecule has 0 radical (unpaired) electrons. The fourth-order valence-corrected chi connectivity index (χ4v) is 4.63. The molecule has 2 heterocycles. The molecule has 3 amide bonds. The monoisotopic (exact) mass is 464 g/mol. The summed E-state index contributed by atoms with van der Waals surface area (Å²) in [5.41, 5.74) is 2.09. The van der Waals surface area contributed by atoms with Gasteiger partial charge in [-0.05, 0) is 42.0 Å². The van der Waals surface area contributed by atoms with Crippen molar-refractivity contribution < 1.29 is 14.4 Å². The van der Waals surface area contributed by atoms with E-state index in [4.69, 9.17) is 0 Å². The minimum absolute atomic E-state index is 0.0645. The summed E-state index contributed by atoms with van der Waals surface area (Å²) in [4.78, 5) is 51.7. The Balaban J connectivity index is 1.38. The number of aryl methyl sites for hydroxylation is 1. The van der Waals surface area contributed by atoms with Crippen molar-refractivity contribution in [2.75, 3.05) is 13.1 Å². The summed E-state index contributed by atoms with van der Waals surface area (Å²) >= 11 is 0.886. The van der Waals surface area contributed by atoms with E-state index < -0.39 is 0 Å².